The fraction of sp³-hybridized carbons (Fsp3) is 0.500. The van der Waals surface area contributed by atoms with Crippen LogP contribution in [0.25, 0.3) is 0 Å². The van der Waals surface area contributed by atoms with Gasteiger partial charge in [0.25, 0.3) is 0 Å². The van der Waals surface area contributed by atoms with Gasteiger partial charge in [-0.3, -0.25) is 0 Å². The summed E-state index contributed by atoms with van der Waals surface area (Å²) in [5.74, 6) is 0. The third-order valence-corrected chi connectivity index (χ3v) is 3.28. The van der Waals surface area contributed by atoms with Gasteiger partial charge >= 0.3 is 0 Å². The van der Waals surface area contributed by atoms with Gasteiger partial charge in [-0.15, -0.1) is 0 Å². The van der Waals surface area contributed by atoms with Gasteiger partial charge in [-0.25, -0.2) is 0 Å². The number of ether oxygens (including phenoxy) is 2. The van der Waals surface area contributed by atoms with Crippen LogP contribution in [0.4, 0.5) is 0 Å². The second kappa shape index (κ2) is 24.3. The zero-order valence-corrected chi connectivity index (χ0v) is 18.0. The lowest BCUT2D eigenvalue weighted by atomic mass is 10.2. The molecule has 2 aliphatic rings. The van der Waals surface area contributed by atoms with Gasteiger partial charge in [0, 0.05) is 23.2 Å². The van der Waals surface area contributed by atoms with E-state index in [1.807, 2.05) is 26.0 Å². The van der Waals surface area contributed by atoms with Crippen molar-refractivity contribution in [3.63, 3.8) is 0 Å². The first-order valence-electron chi connectivity index (χ1n) is 10.0. The largest absolute Gasteiger partial charge is 0.400 e. The summed E-state index contributed by atoms with van der Waals surface area (Å²) in [6, 6.07) is 20.9. The van der Waals surface area contributed by atoms with Crippen LogP contribution < -0.4 is 0 Å². The van der Waals surface area contributed by atoms with Crippen molar-refractivity contribution in [3.8, 4) is 0 Å². The van der Waals surface area contributed by atoms with Gasteiger partial charge in [-0.05, 0) is 30.4 Å². The van der Waals surface area contributed by atoms with Crippen molar-refractivity contribution in [1.82, 2.24) is 0 Å². The summed E-state index contributed by atoms with van der Waals surface area (Å²) >= 11 is 0. The Balaban J connectivity index is -0.000000139. The van der Waals surface area contributed by atoms with E-state index in [4.69, 9.17) is 9.84 Å². The molecule has 0 amide bonds. The predicted octanol–water partition coefficient (Wildman–Crippen LogP) is 6.05. The molecule has 0 aliphatic carbocycles. The van der Waals surface area contributed by atoms with Crippen LogP contribution in [0.3, 0.4) is 0 Å². The number of epoxide rings is 1. The molecule has 2 fully saturated rings. The molecule has 0 radical (unpaired) electrons. The Labute approximate surface area is 170 Å². The molecule has 2 aliphatic heterocycles. The minimum atomic E-state index is 0. The van der Waals surface area contributed by atoms with Gasteiger partial charge in [-0.1, -0.05) is 88.4 Å². The molecule has 3 nitrogen and oxygen atoms in total. The average molecular weight is 383 g/mol. The van der Waals surface area contributed by atoms with E-state index in [0.29, 0.717) is 0 Å². The van der Waals surface area contributed by atoms with Gasteiger partial charge < -0.3 is 14.6 Å². The first kappa shape index (κ1) is 27.5. The Morgan fingerprint density at radius 2 is 0.926 bits per heavy atom. The van der Waals surface area contributed by atoms with Crippen LogP contribution in [0.5, 0.6) is 0 Å². The summed E-state index contributed by atoms with van der Waals surface area (Å²) in [5, 5.41) is 7.00. The van der Waals surface area contributed by atoms with Crippen LogP contribution in [-0.4, -0.2) is 38.6 Å². The minimum absolute atomic E-state index is 0. The second-order valence-corrected chi connectivity index (χ2v) is 5.26. The molecule has 0 aromatic heterocycles. The topological polar surface area (TPSA) is 42.0 Å². The Hall–Kier alpha value is -1.68. The zero-order valence-electron chi connectivity index (χ0n) is 18.0. The SMILES string of the molecule is C1CO1.C1COC1.CC.CCc1ccccc1.CCc1ccccc1.CO.[2HH].[2HH]. The molecule has 3 heteroatoms. The predicted molar refractivity (Wildman–Crippen MR) is 122 cm³/mol. The molecular formula is C24H44O3. The molecule has 2 saturated heterocycles. The first-order chi connectivity index (χ1) is 13.4. The summed E-state index contributed by atoms with van der Waals surface area (Å²) in [5.41, 5.74) is 2.82. The highest BCUT2D eigenvalue weighted by Crippen LogP contribution is 1.97. The molecule has 0 saturated carbocycles. The summed E-state index contributed by atoms with van der Waals surface area (Å²) in [4.78, 5) is 0. The highest BCUT2D eigenvalue weighted by atomic mass is 16.6. The Bertz CT molecular complexity index is 430. The minimum Gasteiger partial charge on any atom is -0.400 e. The second-order valence-electron chi connectivity index (χ2n) is 5.26. The smallest absolute Gasteiger partial charge is 0.0701 e. The van der Waals surface area contributed by atoms with Crippen LogP contribution in [0.2, 0.25) is 0 Å². The van der Waals surface area contributed by atoms with Crippen molar-refractivity contribution < 1.29 is 17.4 Å². The number of aliphatic hydroxyl groups is 1. The molecule has 2 heterocycles. The lowest BCUT2D eigenvalue weighted by Gasteiger charge is -2.09. The Morgan fingerprint density at radius 1 is 0.667 bits per heavy atom. The van der Waals surface area contributed by atoms with E-state index in [9.17, 15) is 0 Å². The van der Waals surface area contributed by atoms with E-state index >= 15 is 0 Å². The highest BCUT2D eigenvalue weighted by Gasteiger charge is 1.94. The maximum absolute atomic E-state index is 7.00. The van der Waals surface area contributed by atoms with Crippen molar-refractivity contribution >= 4 is 0 Å². The molecule has 1 N–H and O–H groups in total. The summed E-state index contributed by atoms with van der Waals surface area (Å²) in [6.45, 7) is 12.3. The van der Waals surface area contributed by atoms with Crippen molar-refractivity contribution in [2.75, 3.05) is 33.5 Å². The van der Waals surface area contributed by atoms with Crippen molar-refractivity contribution in [2.24, 2.45) is 0 Å². The molecule has 0 spiro atoms. The number of hydrogen-bond acceptors (Lipinski definition) is 3. The van der Waals surface area contributed by atoms with Crippen LogP contribution >= 0.6 is 0 Å². The highest BCUT2D eigenvalue weighted by molar-refractivity contribution is 5.14. The fourth-order valence-corrected chi connectivity index (χ4v) is 1.57. The van der Waals surface area contributed by atoms with Crippen molar-refractivity contribution in [2.45, 2.75) is 47.0 Å². The number of rotatable bonds is 2. The van der Waals surface area contributed by atoms with E-state index in [0.717, 1.165) is 46.4 Å². The van der Waals surface area contributed by atoms with Crippen LogP contribution in [0.1, 0.15) is 48.1 Å². The van der Waals surface area contributed by atoms with Gasteiger partial charge in [0.15, 0.2) is 0 Å². The number of aryl methyl sites for hydroxylation is 2. The Morgan fingerprint density at radius 3 is 1.04 bits per heavy atom. The van der Waals surface area contributed by atoms with E-state index in [2.05, 4.69) is 67.1 Å². The number of aliphatic hydroxyl groups excluding tert-OH is 1. The molecule has 2 aromatic rings. The van der Waals surface area contributed by atoms with Gasteiger partial charge in [0.1, 0.15) is 0 Å². The quantitative estimate of drug-likeness (QED) is 0.643. The van der Waals surface area contributed by atoms with E-state index in [-0.39, 0.29) is 2.85 Å². The molecule has 0 unspecified atom stereocenters. The lowest BCUT2D eigenvalue weighted by molar-refractivity contribution is 0.0367. The molecule has 0 bridgehead atoms. The van der Waals surface area contributed by atoms with E-state index < -0.39 is 0 Å². The maximum Gasteiger partial charge on any atom is 0.0701 e. The van der Waals surface area contributed by atoms with Crippen molar-refractivity contribution in [3.05, 3.63) is 71.8 Å². The average Bonchev–Trinajstić information content (AvgIpc) is 3.61. The van der Waals surface area contributed by atoms with E-state index in [1.165, 1.54) is 17.5 Å². The maximum atomic E-state index is 7.00. The van der Waals surface area contributed by atoms with Gasteiger partial charge in [0.2, 0.25) is 0 Å². The number of hydrogen-bond donors (Lipinski definition) is 1. The van der Waals surface area contributed by atoms with Gasteiger partial charge in [0.05, 0.1) is 13.2 Å². The molecule has 4 rings (SSSR count). The third kappa shape index (κ3) is 22.3. The van der Waals surface area contributed by atoms with Crippen LogP contribution in [0.15, 0.2) is 60.7 Å². The zero-order chi connectivity index (χ0) is 20.6. The fourth-order valence-electron chi connectivity index (χ4n) is 1.57. The molecule has 2 aromatic carbocycles. The van der Waals surface area contributed by atoms with Crippen LogP contribution in [-0.2, 0) is 22.3 Å². The standard InChI is InChI=1S/2C8H10.C3H6O.C2H4O.C2H6.CH4O.2H2/c2*1-2-8-6-4-3-5-7-8;1-2-4-3-1;1-2-3-1;2*1-2;;/h2*3-7H,2H2,1H3;1-3H2;1-2H2;1-2H3;2H,1H3;2*1H/i;;;;;;2*1+1. The first-order valence-corrected chi connectivity index (χ1v) is 10.0. The third-order valence-electron chi connectivity index (χ3n) is 3.28. The molecule has 27 heavy (non-hydrogen) atoms. The molecule has 158 valence electrons. The van der Waals surface area contributed by atoms with Crippen molar-refractivity contribution in [1.29, 1.82) is 0 Å². The molecule has 0 atom stereocenters. The summed E-state index contributed by atoms with van der Waals surface area (Å²) in [7, 11) is 1.00. The monoisotopic (exact) mass is 382 g/mol. The summed E-state index contributed by atoms with van der Waals surface area (Å²) < 4.78 is 9.22. The normalized spacial score (nSPS) is 12.1. The number of benzene rings is 2. The lowest BCUT2D eigenvalue weighted by Crippen LogP contribution is -2.09. The Kier molecular flexibility index (Phi) is 24.8. The van der Waals surface area contributed by atoms with E-state index in [1.54, 1.807) is 0 Å². The van der Waals surface area contributed by atoms with Crippen LogP contribution in [0, 0.1) is 0 Å². The summed E-state index contributed by atoms with van der Waals surface area (Å²) in [6.07, 6.45) is 3.56. The molecular weight excluding hydrogens is 336 g/mol. The van der Waals surface area contributed by atoms with Gasteiger partial charge in [-0.2, -0.15) is 0 Å².